The Bertz CT molecular complexity index is 428. The van der Waals surface area contributed by atoms with Crippen LogP contribution in [0.25, 0.3) is 0 Å². The predicted octanol–water partition coefficient (Wildman–Crippen LogP) is 1.88. The number of carboxylic acid groups (broad SMARTS) is 1. The summed E-state index contributed by atoms with van der Waals surface area (Å²) in [4.78, 5) is 24.6. The van der Waals surface area contributed by atoms with E-state index < -0.39 is 5.97 Å². The van der Waals surface area contributed by atoms with E-state index in [2.05, 4.69) is 0 Å². The molecule has 19 heavy (non-hydrogen) atoms. The molecule has 0 aliphatic carbocycles. The number of benzene rings is 1. The van der Waals surface area contributed by atoms with Crippen LogP contribution >= 0.6 is 0 Å². The second kappa shape index (κ2) is 7.53. The van der Waals surface area contributed by atoms with Gasteiger partial charge in [-0.15, -0.1) is 0 Å². The van der Waals surface area contributed by atoms with Crippen molar-refractivity contribution in [3.63, 3.8) is 0 Å². The van der Waals surface area contributed by atoms with E-state index in [0.29, 0.717) is 31.9 Å². The Labute approximate surface area is 112 Å². The summed E-state index contributed by atoms with van der Waals surface area (Å²) in [5.74, 6) is -1.11. The number of carbonyl (C=O) groups excluding carboxylic acids is 1. The summed E-state index contributed by atoms with van der Waals surface area (Å²) in [6, 6.07) is 5.95. The molecule has 0 atom stereocenters. The molecule has 0 spiro atoms. The van der Waals surface area contributed by atoms with Crippen LogP contribution in [0.15, 0.2) is 24.3 Å². The summed E-state index contributed by atoms with van der Waals surface area (Å²) >= 11 is 0. The quantitative estimate of drug-likeness (QED) is 0.764. The van der Waals surface area contributed by atoms with Crippen LogP contribution in [0.1, 0.15) is 34.6 Å². The fourth-order valence-corrected chi connectivity index (χ4v) is 1.66. The fourth-order valence-electron chi connectivity index (χ4n) is 1.66. The van der Waals surface area contributed by atoms with Crippen molar-refractivity contribution in [1.82, 2.24) is 4.90 Å². The fraction of sp³-hybridized carbons (Fsp3) is 0.429. The number of aromatic carboxylic acids is 1. The van der Waals surface area contributed by atoms with Gasteiger partial charge in [0.2, 0.25) is 0 Å². The Morgan fingerprint density at radius 2 is 1.74 bits per heavy atom. The van der Waals surface area contributed by atoms with Gasteiger partial charge in [0.1, 0.15) is 0 Å². The van der Waals surface area contributed by atoms with Gasteiger partial charge in [-0.2, -0.15) is 0 Å². The summed E-state index contributed by atoms with van der Waals surface area (Å²) < 4.78 is 5.23. The summed E-state index contributed by atoms with van der Waals surface area (Å²) in [6.07, 6.45) is 0. The van der Waals surface area contributed by atoms with E-state index in [9.17, 15) is 9.59 Å². The van der Waals surface area contributed by atoms with Crippen LogP contribution in [-0.2, 0) is 4.74 Å². The van der Waals surface area contributed by atoms with Crippen LogP contribution in [0.3, 0.4) is 0 Å². The van der Waals surface area contributed by atoms with Gasteiger partial charge in [-0.05, 0) is 38.1 Å². The highest BCUT2D eigenvalue weighted by Crippen LogP contribution is 2.08. The zero-order valence-corrected chi connectivity index (χ0v) is 11.3. The molecule has 0 fully saturated rings. The van der Waals surface area contributed by atoms with Crippen LogP contribution in [0.5, 0.6) is 0 Å². The van der Waals surface area contributed by atoms with E-state index >= 15 is 0 Å². The van der Waals surface area contributed by atoms with E-state index in [1.165, 1.54) is 24.3 Å². The van der Waals surface area contributed by atoms with Crippen molar-refractivity contribution in [1.29, 1.82) is 0 Å². The molecular weight excluding hydrogens is 246 g/mol. The minimum absolute atomic E-state index is 0.112. The molecule has 5 nitrogen and oxygen atoms in total. The minimum atomic E-state index is -0.998. The van der Waals surface area contributed by atoms with Gasteiger partial charge in [0.15, 0.2) is 0 Å². The average Bonchev–Trinajstić information content (AvgIpc) is 2.43. The Balaban J connectivity index is 2.71. The summed E-state index contributed by atoms with van der Waals surface area (Å²) in [5.41, 5.74) is 0.664. The maximum atomic E-state index is 12.2. The van der Waals surface area contributed by atoms with Crippen LogP contribution in [0.4, 0.5) is 0 Å². The minimum Gasteiger partial charge on any atom is -0.478 e. The topological polar surface area (TPSA) is 66.8 Å². The van der Waals surface area contributed by atoms with E-state index in [-0.39, 0.29) is 11.5 Å². The lowest BCUT2D eigenvalue weighted by atomic mass is 10.1. The number of hydrogen-bond donors (Lipinski definition) is 1. The molecule has 1 rings (SSSR count). The lowest BCUT2D eigenvalue weighted by Gasteiger charge is -2.20. The Hall–Kier alpha value is -1.88. The molecule has 1 aromatic carbocycles. The first-order chi connectivity index (χ1) is 9.10. The van der Waals surface area contributed by atoms with Crippen molar-refractivity contribution in [3.05, 3.63) is 35.4 Å². The second-order valence-corrected chi connectivity index (χ2v) is 3.96. The molecule has 0 heterocycles. The number of amides is 1. The van der Waals surface area contributed by atoms with Gasteiger partial charge in [0.05, 0.1) is 12.2 Å². The smallest absolute Gasteiger partial charge is 0.335 e. The lowest BCUT2D eigenvalue weighted by Crippen LogP contribution is -2.33. The largest absolute Gasteiger partial charge is 0.478 e. The van der Waals surface area contributed by atoms with Gasteiger partial charge in [0, 0.05) is 25.3 Å². The van der Waals surface area contributed by atoms with E-state index in [1.807, 2.05) is 13.8 Å². The lowest BCUT2D eigenvalue weighted by molar-refractivity contribution is 0.0665. The molecule has 1 amide bonds. The number of hydrogen-bond acceptors (Lipinski definition) is 3. The molecule has 5 heteroatoms. The Morgan fingerprint density at radius 3 is 2.21 bits per heavy atom. The zero-order chi connectivity index (χ0) is 14.3. The van der Waals surface area contributed by atoms with Crippen molar-refractivity contribution in [2.24, 2.45) is 0 Å². The summed E-state index contributed by atoms with van der Waals surface area (Å²) in [5, 5.41) is 8.80. The first-order valence-electron chi connectivity index (χ1n) is 6.30. The molecule has 0 aliphatic heterocycles. The highest BCUT2D eigenvalue weighted by Gasteiger charge is 2.14. The van der Waals surface area contributed by atoms with Crippen molar-refractivity contribution in [2.75, 3.05) is 26.3 Å². The molecule has 1 aromatic rings. The van der Waals surface area contributed by atoms with Crippen LogP contribution < -0.4 is 0 Å². The molecule has 1 N–H and O–H groups in total. The molecule has 0 bridgehead atoms. The monoisotopic (exact) mass is 265 g/mol. The number of ether oxygens (including phenoxy) is 1. The number of carboxylic acids is 1. The van der Waals surface area contributed by atoms with Gasteiger partial charge in [0.25, 0.3) is 5.91 Å². The molecule has 0 saturated carbocycles. The number of nitrogens with zero attached hydrogens (tertiary/aromatic N) is 1. The first kappa shape index (κ1) is 15.2. The molecule has 0 radical (unpaired) electrons. The Kier molecular flexibility index (Phi) is 6.02. The Morgan fingerprint density at radius 1 is 1.16 bits per heavy atom. The highest BCUT2D eigenvalue weighted by molar-refractivity contribution is 5.95. The summed E-state index contributed by atoms with van der Waals surface area (Å²) in [7, 11) is 0. The first-order valence-corrected chi connectivity index (χ1v) is 6.30. The van der Waals surface area contributed by atoms with Crippen molar-refractivity contribution in [3.8, 4) is 0 Å². The molecular formula is C14H19NO4. The summed E-state index contributed by atoms with van der Waals surface area (Å²) in [6.45, 7) is 6.05. The van der Waals surface area contributed by atoms with Gasteiger partial charge < -0.3 is 14.7 Å². The molecule has 0 saturated heterocycles. The van der Waals surface area contributed by atoms with Gasteiger partial charge in [-0.1, -0.05) is 0 Å². The second-order valence-electron chi connectivity index (χ2n) is 3.96. The molecule has 0 aliphatic rings. The number of carbonyl (C=O) groups is 2. The van der Waals surface area contributed by atoms with Gasteiger partial charge in [-0.25, -0.2) is 4.79 Å². The van der Waals surface area contributed by atoms with E-state index in [4.69, 9.17) is 9.84 Å². The SMILES string of the molecule is CCOCCN(CC)C(=O)c1ccc(C(=O)O)cc1. The van der Waals surface area contributed by atoms with E-state index in [0.717, 1.165) is 0 Å². The van der Waals surface area contributed by atoms with Crippen molar-refractivity contribution < 1.29 is 19.4 Å². The highest BCUT2D eigenvalue weighted by atomic mass is 16.5. The number of likely N-dealkylation sites (N-methyl/N-ethyl adjacent to an activating group) is 1. The predicted molar refractivity (Wildman–Crippen MR) is 71.5 cm³/mol. The molecule has 104 valence electrons. The van der Waals surface area contributed by atoms with Crippen LogP contribution in [0.2, 0.25) is 0 Å². The average molecular weight is 265 g/mol. The standard InChI is InChI=1S/C14H19NO4/c1-3-15(9-10-19-4-2)13(16)11-5-7-12(8-6-11)14(17)18/h5-8H,3-4,9-10H2,1-2H3,(H,17,18). The number of rotatable bonds is 7. The van der Waals surface area contributed by atoms with E-state index in [1.54, 1.807) is 4.90 Å². The maximum Gasteiger partial charge on any atom is 0.335 e. The molecule has 0 unspecified atom stereocenters. The third-order valence-corrected chi connectivity index (χ3v) is 2.76. The van der Waals surface area contributed by atoms with Crippen LogP contribution in [-0.4, -0.2) is 48.2 Å². The third-order valence-electron chi connectivity index (χ3n) is 2.76. The van der Waals surface area contributed by atoms with Gasteiger partial charge >= 0.3 is 5.97 Å². The zero-order valence-electron chi connectivity index (χ0n) is 11.3. The van der Waals surface area contributed by atoms with Crippen molar-refractivity contribution >= 4 is 11.9 Å². The van der Waals surface area contributed by atoms with Crippen LogP contribution in [0, 0.1) is 0 Å². The van der Waals surface area contributed by atoms with Gasteiger partial charge in [-0.3, -0.25) is 4.79 Å². The molecule has 0 aromatic heterocycles. The normalized spacial score (nSPS) is 10.2. The van der Waals surface area contributed by atoms with Crippen molar-refractivity contribution in [2.45, 2.75) is 13.8 Å². The third kappa shape index (κ3) is 4.37. The maximum absolute atomic E-state index is 12.2.